The van der Waals surface area contributed by atoms with E-state index in [9.17, 15) is 4.79 Å². The SMILES string of the molecule is O=C1OC2c3c1cccc3C2(c1ccccc1)c1ccccc1. The maximum Gasteiger partial charge on any atom is 0.339 e. The van der Waals surface area contributed by atoms with Crippen molar-refractivity contribution >= 4 is 5.97 Å². The molecule has 23 heavy (non-hydrogen) atoms. The van der Waals surface area contributed by atoms with E-state index in [1.807, 2.05) is 48.5 Å². The molecule has 1 aliphatic carbocycles. The summed E-state index contributed by atoms with van der Waals surface area (Å²) in [5.41, 5.74) is 4.88. The minimum atomic E-state index is -0.403. The fourth-order valence-electron chi connectivity index (χ4n) is 4.15. The molecule has 0 bridgehead atoms. The van der Waals surface area contributed by atoms with Crippen molar-refractivity contribution in [3.63, 3.8) is 0 Å². The third-order valence-corrected chi connectivity index (χ3v) is 5.09. The van der Waals surface area contributed by atoms with E-state index in [4.69, 9.17) is 4.74 Å². The fraction of sp³-hybridized carbons (Fsp3) is 0.0952. The lowest BCUT2D eigenvalue weighted by atomic mass is 9.55. The van der Waals surface area contributed by atoms with Crippen LogP contribution in [0.1, 0.15) is 38.7 Å². The highest BCUT2D eigenvalue weighted by Gasteiger charge is 2.60. The molecule has 2 heteroatoms. The molecule has 110 valence electrons. The van der Waals surface area contributed by atoms with E-state index in [1.54, 1.807) is 0 Å². The van der Waals surface area contributed by atoms with Gasteiger partial charge in [0, 0.05) is 5.56 Å². The molecule has 2 aliphatic rings. The van der Waals surface area contributed by atoms with Crippen LogP contribution in [0.15, 0.2) is 78.9 Å². The first kappa shape index (κ1) is 12.7. The molecule has 1 heterocycles. The van der Waals surface area contributed by atoms with Gasteiger partial charge in [0.25, 0.3) is 0 Å². The largest absolute Gasteiger partial charge is 0.452 e. The van der Waals surface area contributed by atoms with Crippen LogP contribution in [0.3, 0.4) is 0 Å². The molecule has 1 aliphatic heterocycles. The molecule has 1 unspecified atom stereocenters. The number of rotatable bonds is 2. The van der Waals surface area contributed by atoms with Crippen LogP contribution in [-0.2, 0) is 10.2 Å². The Hall–Kier alpha value is -2.87. The summed E-state index contributed by atoms with van der Waals surface area (Å²) in [6.45, 7) is 0. The van der Waals surface area contributed by atoms with Gasteiger partial charge >= 0.3 is 5.97 Å². The van der Waals surface area contributed by atoms with Gasteiger partial charge in [-0.2, -0.15) is 0 Å². The van der Waals surface area contributed by atoms with E-state index in [0.717, 1.165) is 22.3 Å². The monoisotopic (exact) mass is 298 g/mol. The molecule has 0 fully saturated rings. The van der Waals surface area contributed by atoms with Crippen LogP contribution < -0.4 is 0 Å². The first-order chi connectivity index (χ1) is 11.3. The fourth-order valence-corrected chi connectivity index (χ4v) is 4.15. The lowest BCUT2D eigenvalue weighted by molar-refractivity contribution is 0.0194. The van der Waals surface area contributed by atoms with Crippen molar-refractivity contribution in [1.82, 2.24) is 0 Å². The Bertz CT molecular complexity index is 874. The highest BCUT2D eigenvalue weighted by Crippen LogP contribution is 2.63. The van der Waals surface area contributed by atoms with Gasteiger partial charge in [-0.05, 0) is 22.8 Å². The smallest absolute Gasteiger partial charge is 0.339 e. The Morgan fingerprint density at radius 1 is 0.739 bits per heavy atom. The average Bonchev–Trinajstić information content (AvgIpc) is 2.94. The molecule has 1 atom stereocenters. The first-order valence-electron chi connectivity index (χ1n) is 7.79. The van der Waals surface area contributed by atoms with Gasteiger partial charge in [-0.15, -0.1) is 0 Å². The van der Waals surface area contributed by atoms with E-state index in [-0.39, 0.29) is 12.1 Å². The third-order valence-electron chi connectivity index (χ3n) is 5.09. The molecule has 2 nitrogen and oxygen atoms in total. The van der Waals surface area contributed by atoms with Crippen LogP contribution in [0, 0.1) is 0 Å². The van der Waals surface area contributed by atoms with E-state index < -0.39 is 5.41 Å². The van der Waals surface area contributed by atoms with Gasteiger partial charge in [0.1, 0.15) is 6.10 Å². The molecule has 0 spiro atoms. The van der Waals surface area contributed by atoms with Crippen molar-refractivity contribution < 1.29 is 9.53 Å². The maximum absolute atomic E-state index is 12.2. The van der Waals surface area contributed by atoms with Crippen LogP contribution in [-0.4, -0.2) is 5.97 Å². The normalized spacial score (nSPS) is 19.7. The van der Waals surface area contributed by atoms with Crippen molar-refractivity contribution in [2.45, 2.75) is 11.5 Å². The topological polar surface area (TPSA) is 26.3 Å². The van der Waals surface area contributed by atoms with Gasteiger partial charge in [0.2, 0.25) is 0 Å². The van der Waals surface area contributed by atoms with Gasteiger partial charge in [-0.1, -0.05) is 72.8 Å². The van der Waals surface area contributed by atoms with Crippen molar-refractivity contribution in [3.8, 4) is 0 Å². The van der Waals surface area contributed by atoms with Crippen LogP contribution in [0.5, 0.6) is 0 Å². The Morgan fingerprint density at radius 3 is 1.96 bits per heavy atom. The van der Waals surface area contributed by atoms with Crippen LogP contribution in [0.4, 0.5) is 0 Å². The summed E-state index contributed by atoms with van der Waals surface area (Å²) < 4.78 is 5.79. The van der Waals surface area contributed by atoms with Gasteiger partial charge in [0.05, 0.1) is 11.0 Å². The summed E-state index contributed by atoms with van der Waals surface area (Å²) in [7, 11) is 0. The van der Waals surface area contributed by atoms with Crippen molar-refractivity contribution in [2.75, 3.05) is 0 Å². The predicted molar refractivity (Wildman–Crippen MR) is 87.4 cm³/mol. The molecule has 5 rings (SSSR count). The summed E-state index contributed by atoms with van der Waals surface area (Å²) in [4.78, 5) is 12.2. The zero-order chi connectivity index (χ0) is 15.4. The second-order valence-corrected chi connectivity index (χ2v) is 6.09. The average molecular weight is 298 g/mol. The zero-order valence-electron chi connectivity index (χ0n) is 12.4. The molecule has 0 radical (unpaired) electrons. The van der Waals surface area contributed by atoms with Crippen molar-refractivity contribution in [2.24, 2.45) is 0 Å². The summed E-state index contributed by atoms with van der Waals surface area (Å²) in [6, 6.07) is 26.6. The Balaban J connectivity index is 1.86. The second-order valence-electron chi connectivity index (χ2n) is 6.09. The number of hydrogen-bond donors (Lipinski definition) is 0. The molecule has 0 N–H and O–H groups in total. The summed E-state index contributed by atoms with van der Waals surface area (Å²) >= 11 is 0. The van der Waals surface area contributed by atoms with Gasteiger partial charge in [0.15, 0.2) is 0 Å². The van der Waals surface area contributed by atoms with E-state index >= 15 is 0 Å². The van der Waals surface area contributed by atoms with E-state index in [0.29, 0.717) is 0 Å². The molecule has 0 saturated heterocycles. The second kappa shape index (κ2) is 4.32. The Kier molecular flexibility index (Phi) is 2.38. The predicted octanol–water partition coefficient (Wildman–Crippen LogP) is 4.25. The molecule has 0 amide bonds. The maximum atomic E-state index is 12.2. The summed E-state index contributed by atoms with van der Waals surface area (Å²) in [5.74, 6) is -0.208. The van der Waals surface area contributed by atoms with Crippen molar-refractivity contribution in [1.29, 1.82) is 0 Å². The lowest BCUT2D eigenvalue weighted by Crippen LogP contribution is -2.45. The molecule has 3 aromatic rings. The number of hydrogen-bond acceptors (Lipinski definition) is 2. The lowest BCUT2D eigenvalue weighted by Gasteiger charge is -2.48. The summed E-state index contributed by atoms with van der Waals surface area (Å²) in [5, 5.41) is 0. The number of ether oxygens (including phenoxy) is 1. The Labute approximate surface area is 134 Å². The standard InChI is InChI=1S/C21H14O2/c22-20-16-12-7-13-17-18(16)19(23-20)21(17,14-8-3-1-4-9-14)15-10-5-2-6-11-15/h1-13,19H. The van der Waals surface area contributed by atoms with Crippen molar-refractivity contribution in [3.05, 3.63) is 107 Å². The van der Waals surface area contributed by atoms with Crippen LogP contribution in [0.2, 0.25) is 0 Å². The molecule has 0 saturated carbocycles. The van der Waals surface area contributed by atoms with Gasteiger partial charge in [-0.3, -0.25) is 0 Å². The highest BCUT2D eigenvalue weighted by atomic mass is 16.6. The minimum absolute atomic E-state index is 0.208. The molecule has 3 aromatic carbocycles. The van der Waals surface area contributed by atoms with Crippen LogP contribution in [0.25, 0.3) is 0 Å². The highest BCUT2D eigenvalue weighted by molar-refractivity contribution is 5.97. The minimum Gasteiger partial charge on any atom is -0.452 e. The molecular formula is C21H14O2. The quantitative estimate of drug-likeness (QED) is 0.661. The third kappa shape index (κ3) is 1.41. The van der Waals surface area contributed by atoms with Gasteiger partial charge in [-0.25, -0.2) is 4.79 Å². The van der Waals surface area contributed by atoms with E-state index in [2.05, 4.69) is 30.3 Å². The summed E-state index contributed by atoms with van der Waals surface area (Å²) in [6.07, 6.45) is -0.231. The first-order valence-corrected chi connectivity index (χ1v) is 7.79. The van der Waals surface area contributed by atoms with Gasteiger partial charge < -0.3 is 4.74 Å². The number of esters is 1. The zero-order valence-corrected chi connectivity index (χ0v) is 12.4. The number of carbonyl (C=O) groups is 1. The molecule has 0 aromatic heterocycles. The number of benzene rings is 3. The Morgan fingerprint density at radius 2 is 1.35 bits per heavy atom. The van der Waals surface area contributed by atoms with Crippen LogP contribution >= 0.6 is 0 Å². The molecular weight excluding hydrogens is 284 g/mol. The van der Waals surface area contributed by atoms with E-state index in [1.165, 1.54) is 5.56 Å². The number of carbonyl (C=O) groups excluding carboxylic acids is 1.